The van der Waals surface area contributed by atoms with Crippen molar-refractivity contribution in [2.75, 3.05) is 4.72 Å². The summed E-state index contributed by atoms with van der Waals surface area (Å²) in [5.74, 6) is -0.178. The summed E-state index contributed by atoms with van der Waals surface area (Å²) in [5, 5.41) is 11.7. The monoisotopic (exact) mass is 389 g/mol. The number of nitrogens with two attached hydrogens (primary N) is 1. The number of hydrogen-bond donors (Lipinski definition) is 3. The van der Waals surface area contributed by atoms with Gasteiger partial charge in [0.25, 0.3) is 10.0 Å². The number of benzene rings is 1. The van der Waals surface area contributed by atoms with E-state index in [2.05, 4.69) is 25.8 Å². The molecule has 2 aromatic rings. The van der Waals surface area contributed by atoms with Crippen molar-refractivity contribution in [3.63, 3.8) is 0 Å². The van der Waals surface area contributed by atoms with Gasteiger partial charge in [-0.05, 0) is 37.3 Å². The molecule has 6 nitrogen and oxygen atoms in total. The maximum Gasteiger partial charge on any atom is 0.271 e. The van der Waals surface area contributed by atoms with Gasteiger partial charge in [0.2, 0.25) is 0 Å². The van der Waals surface area contributed by atoms with Gasteiger partial charge in [0, 0.05) is 14.9 Å². The molecule has 0 fully saturated rings. The minimum absolute atomic E-state index is 0.178. The number of hydrogen-bond acceptors (Lipinski definition) is 5. The third-order valence-electron chi connectivity index (χ3n) is 2.59. The van der Waals surface area contributed by atoms with Gasteiger partial charge in [-0.25, -0.2) is 8.42 Å². The first kappa shape index (κ1) is 15.8. The van der Waals surface area contributed by atoms with Gasteiger partial charge in [-0.15, -0.1) is 11.3 Å². The molecule has 0 bridgehead atoms. The highest BCUT2D eigenvalue weighted by Gasteiger charge is 2.19. The predicted molar refractivity (Wildman–Crippen MR) is 86.5 cm³/mol. The molecule has 1 aromatic heterocycles. The van der Waals surface area contributed by atoms with Crippen molar-refractivity contribution < 1.29 is 13.6 Å². The molecule has 21 heavy (non-hydrogen) atoms. The van der Waals surface area contributed by atoms with Crippen LogP contribution in [0.15, 0.2) is 44.2 Å². The van der Waals surface area contributed by atoms with E-state index in [4.69, 9.17) is 10.9 Å². The largest absolute Gasteiger partial charge is 0.409 e. The van der Waals surface area contributed by atoms with E-state index in [1.807, 2.05) is 6.92 Å². The van der Waals surface area contributed by atoms with Gasteiger partial charge < -0.3 is 10.9 Å². The molecule has 112 valence electrons. The van der Waals surface area contributed by atoms with E-state index in [0.717, 1.165) is 4.88 Å². The first-order valence-corrected chi connectivity index (χ1v) is 8.79. The molecule has 0 unspecified atom stereocenters. The summed E-state index contributed by atoms with van der Waals surface area (Å²) < 4.78 is 28.0. The average Bonchev–Trinajstić information content (AvgIpc) is 2.85. The molecule has 9 heteroatoms. The van der Waals surface area contributed by atoms with Crippen molar-refractivity contribution in [2.24, 2.45) is 10.9 Å². The zero-order valence-corrected chi connectivity index (χ0v) is 14.1. The van der Waals surface area contributed by atoms with Crippen LogP contribution >= 0.6 is 27.3 Å². The van der Waals surface area contributed by atoms with Crippen LogP contribution < -0.4 is 10.5 Å². The Kier molecular flexibility index (Phi) is 4.55. The number of rotatable bonds is 4. The summed E-state index contributed by atoms with van der Waals surface area (Å²) in [6.07, 6.45) is 0. The Balaban J connectivity index is 2.46. The smallest absolute Gasteiger partial charge is 0.271 e. The van der Waals surface area contributed by atoms with E-state index >= 15 is 0 Å². The number of amidine groups is 1. The Morgan fingerprint density at radius 1 is 1.38 bits per heavy atom. The molecule has 0 saturated heterocycles. The SMILES string of the molecule is Cc1ccc(S(=O)(=O)Nc2cc(Br)ccc2/C(N)=N/O)s1. The van der Waals surface area contributed by atoms with Crippen LogP contribution in [-0.2, 0) is 10.0 Å². The number of aryl methyl sites for hydroxylation is 1. The van der Waals surface area contributed by atoms with E-state index in [1.165, 1.54) is 17.4 Å². The average molecular weight is 390 g/mol. The first-order chi connectivity index (χ1) is 9.83. The van der Waals surface area contributed by atoms with Gasteiger partial charge in [-0.2, -0.15) is 0 Å². The molecule has 2 rings (SSSR count). The highest BCUT2D eigenvalue weighted by molar-refractivity contribution is 9.10. The molecule has 0 saturated carbocycles. The molecule has 0 radical (unpaired) electrons. The van der Waals surface area contributed by atoms with Gasteiger partial charge in [-0.3, -0.25) is 4.72 Å². The maximum atomic E-state index is 12.3. The second kappa shape index (κ2) is 6.04. The second-order valence-corrected chi connectivity index (χ2v) is 8.26. The minimum atomic E-state index is -3.72. The molecule has 1 aromatic carbocycles. The Labute approximate surface area is 134 Å². The Hall–Kier alpha value is -1.58. The van der Waals surface area contributed by atoms with E-state index < -0.39 is 10.0 Å². The van der Waals surface area contributed by atoms with Crippen LogP contribution in [0.2, 0.25) is 0 Å². The fraction of sp³-hybridized carbons (Fsp3) is 0.0833. The van der Waals surface area contributed by atoms with Crippen molar-refractivity contribution >= 4 is 48.8 Å². The van der Waals surface area contributed by atoms with Crippen molar-refractivity contribution in [3.05, 3.63) is 45.2 Å². The highest BCUT2D eigenvalue weighted by atomic mass is 79.9. The van der Waals surface area contributed by atoms with Gasteiger partial charge in [-0.1, -0.05) is 21.1 Å². The molecule has 0 aliphatic carbocycles. The zero-order valence-electron chi connectivity index (χ0n) is 10.9. The van der Waals surface area contributed by atoms with Crippen LogP contribution in [0.3, 0.4) is 0 Å². The number of sulfonamides is 1. The molecular weight excluding hydrogens is 378 g/mol. The molecular formula is C12H12BrN3O3S2. The van der Waals surface area contributed by atoms with Crippen LogP contribution in [0.4, 0.5) is 5.69 Å². The second-order valence-electron chi connectivity index (χ2n) is 4.15. The van der Waals surface area contributed by atoms with Gasteiger partial charge >= 0.3 is 0 Å². The lowest BCUT2D eigenvalue weighted by Gasteiger charge is -2.11. The summed E-state index contributed by atoms with van der Waals surface area (Å²) in [5.41, 5.74) is 6.08. The number of thiophene rings is 1. The van der Waals surface area contributed by atoms with Crippen LogP contribution in [0.1, 0.15) is 10.4 Å². The zero-order chi connectivity index (χ0) is 15.6. The standard InChI is InChI=1S/C12H12BrN3O3S2/c1-7-2-5-11(20-7)21(18,19)16-10-6-8(13)3-4-9(10)12(14)15-17/h2-6,16-17H,1H3,(H2,14,15). The molecule has 0 amide bonds. The lowest BCUT2D eigenvalue weighted by Crippen LogP contribution is -2.19. The van der Waals surface area contributed by atoms with E-state index in [1.54, 1.807) is 24.3 Å². The number of nitrogens with one attached hydrogen (secondary N) is 1. The molecule has 0 aliphatic rings. The third kappa shape index (κ3) is 3.55. The van der Waals surface area contributed by atoms with Crippen LogP contribution in [0.5, 0.6) is 0 Å². The fourth-order valence-electron chi connectivity index (χ4n) is 1.63. The molecule has 1 heterocycles. The normalized spacial score (nSPS) is 12.4. The van der Waals surface area contributed by atoms with Crippen molar-refractivity contribution in [1.82, 2.24) is 0 Å². The van der Waals surface area contributed by atoms with Crippen molar-refractivity contribution in [3.8, 4) is 0 Å². The van der Waals surface area contributed by atoms with Gasteiger partial charge in [0.05, 0.1) is 5.69 Å². The first-order valence-electron chi connectivity index (χ1n) is 5.70. The van der Waals surface area contributed by atoms with Crippen LogP contribution in [0.25, 0.3) is 0 Å². The van der Waals surface area contributed by atoms with Crippen molar-refractivity contribution in [1.29, 1.82) is 0 Å². The van der Waals surface area contributed by atoms with Gasteiger partial charge in [0.1, 0.15) is 4.21 Å². The maximum absolute atomic E-state index is 12.3. The lowest BCUT2D eigenvalue weighted by atomic mass is 10.2. The fourth-order valence-corrected chi connectivity index (χ4v) is 4.34. The summed E-state index contributed by atoms with van der Waals surface area (Å²) in [4.78, 5) is 0.890. The molecule has 0 atom stereocenters. The Bertz CT molecular complexity index is 800. The van der Waals surface area contributed by atoms with E-state index in [0.29, 0.717) is 4.47 Å². The lowest BCUT2D eigenvalue weighted by molar-refractivity contribution is 0.318. The number of oxime groups is 1. The van der Waals surface area contributed by atoms with Crippen LogP contribution in [-0.4, -0.2) is 19.5 Å². The predicted octanol–water partition coefficient (Wildman–Crippen LogP) is 2.71. The highest BCUT2D eigenvalue weighted by Crippen LogP contribution is 2.27. The number of nitrogens with zero attached hydrogens (tertiary/aromatic N) is 1. The number of halogens is 1. The summed E-state index contributed by atoms with van der Waals surface area (Å²) >= 11 is 4.42. The minimum Gasteiger partial charge on any atom is -0.409 e. The van der Waals surface area contributed by atoms with E-state index in [-0.39, 0.29) is 21.3 Å². The summed E-state index contributed by atoms with van der Waals surface area (Å²) in [6, 6.07) is 8.02. The van der Waals surface area contributed by atoms with Gasteiger partial charge in [0.15, 0.2) is 5.84 Å². The summed E-state index contributed by atoms with van der Waals surface area (Å²) in [7, 11) is -3.72. The molecule has 0 aliphatic heterocycles. The van der Waals surface area contributed by atoms with E-state index in [9.17, 15) is 8.42 Å². The topological polar surface area (TPSA) is 105 Å². The Morgan fingerprint density at radius 3 is 2.67 bits per heavy atom. The quantitative estimate of drug-likeness (QED) is 0.323. The molecule has 0 spiro atoms. The van der Waals surface area contributed by atoms with Crippen LogP contribution in [0, 0.1) is 6.92 Å². The number of anilines is 1. The summed E-state index contributed by atoms with van der Waals surface area (Å²) in [6.45, 7) is 1.82. The Morgan fingerprint density at radius 2 is 2.10 bits per heavy atom. The molecule has 4 N–H and O–H groups in total. The van der Waals surface area contributed by atoms with Crippen molar-refractivity contribution in [2.45, 2.75) is 11.1 Å². The third-order valence-corrected chi connectivity index (χ3v) is 5.94.